The van der Waals surface area contributed by atoms with Gasteiger partial charge in [-0.25, -0.2) is 9.97 Å². The van der Waals surface area contributed by atoms with Crippen LogP contribution in [0.1, 0.15) is 50.3 Å². The molecule has 1 saturated carbocycles. The lowest BCUT2D eigenvalue weighted by molar-refractivity contribution is -0.136. The molecular weight excluding hydrogens is 348 g/mol. The number of rotatable bonds is 5. The molecule has 0 spiro atoms. The summed E-state index contributed by atoms with van der Waals surface area (Å²) in [6.07, 6.45) is 6.34. The number of nitrogens with zero attached hydrogens (tertiary/aromatic N) is 4. The van der Waals surface area contributed by atoms with Crippen LogP contribution < -0.4 is 4.90 Å². The van der Waals surface area contributed by atoms with Crippen LogP contribution >= 0.6 is 0 Å². The van der Waals surface area contributed by atoms with Crippen molar-refractivity contribution < 1.29 is 4.79 Å². The van der Waals surface area contributed by atoms with Crippen LogP contribution in [0.15, 0.2) is 30.3 Å². The van der Waals surface area contributed by atoms with Crippen molar-refractivity contribution >= 4 is 11.7 Å². The van der Waals surface area contributed by atoms with Crippen molar-refractivity contribution in [2.75, 3.05) is 25.0 Å². The van der Waals surface area contributed by atoms with Crippen molar-refractivity contribution in [3.05, 3.63) is 41.6 Å². The molecule has 0 saturated heterocycles. The highest BCUT2D eigenvalue weighted by Gasteiger charge is 2.31. The van der Waals surface area contributed by atoms with E-state index in [1.54, 1.807) is 0 Å². The molecule has 1 aromatic carbocycles. The number of amides is 1. The second-order valence-electron chi connectivity index (χ2n) is 8.07. The zero-order valence-corrected chi connectivity index (χ0v) is 17.0. The maximum atomic E-state index is 13.0. The second-order valence-corrected chi connectivity index (χ2v) is 8.07. The van der Waals surface area contributed by atoms with E-state index in [1.807, 2.05) is 23.1 Å². The largest absolute Gasteiger partial charge is 0.359 e. The minimum Gasteiger partial charge on any atom is -0.359 e. The first kappa shape index (κ1) is 18.9. The second kappa shape index (κ2) is 8.29. The van der Waals surface area contributed by atoms with Crippen LogP contribution in [-0.2, 0) is 17.8 Å². The third kappa shape index (κ3) is 3.75. The number of anilines is 1. The monoisotopic (exact) mass is 378 g/mol. The first-order chi connectivity index (χ1) is 13.7. The fourth-order valence-corrected chi connectivity index (χ4v) is 4.49. The summed E-state index contributed by atoms with van der Waals surface area (Å²) in [6.45, 7) is 4.53. The van der Waals surface area contributed by atoms with E-state index in [2.05, 4.69) is 31.0 Å². The lowest BCUT2D eigenvalue weighted by Crippen LogP contribution is -2.40. The van der Waals surface area contributed by atoms with E-state index >= 15 is 0 Å². The first-order valence-corrected chi connectivity index (χ1v) is 10.6. The van der Waals surface area contributed by atoms with Crippen LogP contribution in [0.3, 0.4) is 0 Å². The Balaban J connectivity index is 1.68. The van der Waals surface area contributed by atoms with Crippen molar-refractivity contribution in [3.63, 3.8) is 0 Å². The predicted molar refractivity (Wildman–Crippen MR) is 112 cm³/mol. The zero-order valence-electron chi connectivity index (χ0n) is 17.0. The molecule has 2 aliphatic rings. The van der Waals surface area contributed by atoms with E-state index in [9.17, 15) is 4.79 Å². The quantitative estimate of drug-likeness (QED) is 0.787. The molecule has 1 fully saturated rings. The van der Waals surface area contributed by atoms with Gasteiger partial charge in [-0.1, -0.05) is 50.1 Å². The van der Waals surface area contributed by atoms with Gasteiger partial charge in [-0.2, -0.15) is 0 Å². The third-order valence-corrected chi connectivity index (χ3v) is 6.01. The molecule has 0 bridgehead atoms. The van der Waals surface area contributed by atoms with Crippen molar-refractivity contribution in [1.82, 2.24) is 14.9 Å². The molecule has 0 radical (unpaired) electrons. The predicted octanol–water partition coefficient (Wildman–Crippen LogP) is 4.06. The fraction of sp³-hybridized carbons (Fsp3) is 0.522. The molecule has 1 aromatic heterocycles. The summed E-state index contributed by atoms with van der Waals surface area (Å²) < 4.78 is 0. The molecule has 0 atom stereocenters. The van der Waals surface area contributed by atoms with Crippen LogP contribution in [0.5, 0.6) is 0 Å². The smallest absolute Gasteiger partial charge is 0.225 e. The number of fused-ring (bicyclic) bond motifs is 1. The SMILES string of the molecule is CCCN(C)c1nc(-c2ccccc2)nc2c1CN(C(=O)C1CCCC1)CC2. The highest BCUT2D eigenvalue weighted by molar-refractivity contribution is 5.79. The standard InChI is InChI=1S/C23H30N4O/c1-3-14-26(2)22-19-16-27(23(28)18-11-7-8-12-18)15-13-20(19)24-21(25-22)17-9-5-4-6-10-17/h4-6,9-10,18H,3,7-8,11-16H2,1-2H3. The van der Waals surface area contributed by atoms with Crippen LogP contribution in [0.25, 0.3) is 11.4 Å². The average Bonchev–Trinajstić information content (AvgIpc) is 3.27. The van der Waals surface area contributed by atoms with Gasteiger partial charge in [0.15, 0.2) is 5.82 Å². The summed E-state index contributed by atoms with van der Waals surface area (Å²) in [4.78, 5) is 27.1. The molecule has 2 heterocycles. The van der Waals surface area contributed by atoms with Gasteiger partial charge < -0.3 is 9.80 Å². The van der Waals surface area contributed by atoms with E-state index < -0.39 is 0 Å². The summed E-state index contributed by atoms with van der Waals surface area (Å²) >= 11 is 0. The maximum absolute atomic E-state index is 13.0. The van der Waals surface area contributed by atoms with Gasteiger partial charge in [0.2, 0.25) is 5.91 Å². The summed E-state index contributed by atoms with van der Waals surface area (Å²) in [5.41, 5.74) is 3.27. The summed E-state index contributed by atoms with van der Waals surface area (Å²) in [5.74, 6) is 2.32. The number of carbonyl (C=O) groups is 1. The number of hydrogen-bond donors (Lipinski definition) is 0. The molecule has 1 aliphatic carbocycles. The number of benzene rings is 1. The Morgan fingerprint density at radius 3 is 2.64 bits per heavy atom. The summed E-state index contributed by atoms with van der Waals surface area (Å²) in [5, 5.41) is 0. The molecule has 1 amide bonds. The lowest BCUT2D eigenvalue weighted by atomic mass is 10.0. The van der Waals surface area contributed by atoms with Gasteiger partial charge in [-0.15, -0.1) is 0 Å². The Labute approximate surface area is 167 Å². The molecular formula is C23H30N4O. The summed E-state index contributed by atoms with van der Waals surface area (Å²) in [6, 6.07) is 10.2. The number of hydrogen-bond acceptors (Lipinski definition) is 4. The van der Waals surface area contributed by atoms with Gasteiger partial charge >= 0.3 is 0 Å². The van der Waals surface area contributed by atoms with Crippen LogP contribution in [0.4, 0.5) is 5.82 Å². The molecule has 0 unspecified atom stereocenters. The molecule has 0 N–H and O–H groups in total. The Bertz CT molecular complexity index is 830. The zero-order chi connectivity index (χ0) is 19.5. The van der Waals surface area contributed by atoms with Crippen molar-refractivity contribution in [3.8, 4) is 11.4 Å². The molecule has 2 aromatic rings. The van der Waals surface area contributed by atoms with Gasteiger partial charge in [-0.05, 0) is 19.3 Å². The molecule has 28 heavy (non-hydrogen) atoms. The Morgan fingerprint density at radius 1 is 1.18 bits per heavy atom. The highest BCUT2D eigenvalue weighted by atomic mass is 16.2. The van der Waals surface area contributed by atoms with Gasteiger partial charge in [0, 0.05) is 43.6 Å². The first-order valence-electron chi connectivity index (χ1n) is 10.6. The van der Waals surface area contributed by atoms with Crippen LogP contribution in [0.2, 0.25) is 0 Å². The minimum absolute atomic E-state index is 0.225. The molecule has 5 heteroatoms. The van der Waals surface area contributed by atoms with Crippen LogP contribution in [0, 0.1) is 5.92 Å². The number of aromatic nitrogens is 2. The van der Waals surface area contributed by atoms with E-state index in [0.717, 1.165) is 67.2 Å². The molecule has 1 aliphatic heterocycles. The van der Waals surface area contributed by atoms with Crippen molar-refractivity contribution in [2.45, 2.75) is 52.0 Å². The topological polar surface area (TPSA) is 49.3 Å². The Hall–Kier alpha value is -2.43. The minimum atomic E-state index is 0.225. The van der Waals surface area contributed by atoms with Gasteiger partial charge in [0.05, 0.1) is 12.2 Å². The highest BCUT2D eigenvalue weighted by Crippen LogP contribution is 2.32. The molecule has 148 valence electrons. The average molecular weight is 379 g/mol. The Kier molecular flexibility index (Phi) is 5.60. The van der Waals surface area contributed by atoms with Gasteiger partial charge in [0.25, 0.3) is 0 Å². The molecule has 4 rings (SSSR count). The molecule has 5 nitrogen and oxygen atoms in total. The normalized spacial score (nSPS) is 16.9. The Morgan fingerprint density at radius 2 is 1.93 bits per heavy atom. The van der Waals surface area contributed by atoms with E-state index in [4.69, 9.17) is 9.97 Å². The van der Waals surface area contributed by atoms with Gasteiger partial charge in [0.1, 0.15) is 5.82 Å². The third-order valence-electron chi connectivity index (χ3n) is 6.01. The number of carbonyl (C=O) groups excluding carboxylic acids is 1. The lowest BCUT2D eigenvalue weighted by Gasteiger charge is -2.33. The summed E-state index contributed by atoms with van der Waals surface area (Å²) in [7, 11) is 2.10. The van der Waals surface area contributed by atoms with E-state index in [1.165, 1.54) is 12.8 Å². The fourth-order valence-electron chi connectivity index (χ4n) is 4.49. The maximum Gasteiger partial charge on any atom is 0.225 e. The van der Waals surface area contributed by atoms with Gasteiger partial charge in [-0.3, -0.25) is 4.79 Å². The van der Waals surface area contributed by atoms with Crippen LogP contribution in [-0.4, -0.2) is 40.9 Å². The van der Waals surface area contributed by atoms with E-state index in [0.29, 0.717) is 12.5 Å². The van der Waals surface area contributed by atoms with Crippen molar-refractivity contribution in [2.24, 2.45) is 5.92 Å². The van der Waals surface area contributed by atoms with Crippen molar-refractivity contribution in [1.29, 1.82) is 0 Å². The van der Waals surface area contributed by atoms with E-state index in [-0.39, 0.29) is 5.92 Å².